The number of aliphatic hydroxyl groups excluding tert-OH is 1. The number of alkyl halides is 2. The largest absolute Gasteiger partial charge is 0.506 e. The molecular formula is C6H8F2O3. The maximum atomic E-state index is 11.5. The molecular weight excluding hydrogens is 158 g/mol. The number of allylic oxidation sites excluding steroid dienone is 1. The maximum Gasteiger partial charge on any atom is 0.334 e. The van der Waals surface area contributed by atoms with E-state index in [4.69, 9.17) is 5.11 Å². The maximum absolute atomic E-state index is 11.5. The Bertz CT molecular complexity index is 165. The van der Waals surface area contributed by atoms with Crippen molar-refractivity contribution in [3.8, 4) is 0 Å². The second-order valence-corrected chi connectivity index (χ2v) is 1.62. The van der Waals surface area contributed by atoms with Gasteiger partial charge in [-0.05, 0) is 6.92 Å². The van der Waals surface area contributed by atoms with Gasteiger partial charge in [-0.2, -0.15) is 0 Å². The number of esters is 1. The third-order valence-corrected chi connectivity index (χ3v) is 0.776. The van der Waals surface area contributed by atoms with Crippen LogP contribution in [0.25, 0.3) is 0 Å². The molecule has 0 amide bonds. The first kappa shape index (κ1) is 9.87. The average Bonchev–Trinajstić information content (AvgIpc) is 1.87. The molecule has 3 nitrogen and oxygen atoms in total. The first-order valence-electron chi connectivity index (χ1n) is 2.93. The number of halogens is 2. The number of rotatable bonds is 3. The Morgan fingerprint density at radius 2 is 2.27 bits per heavy atom. The minimum absolute atomic E-state index is 0.0891. The number of carbonyl (C=O) groups excluding carboxylic acids is 1. The molecule has 0 aliphatic carbocycles. The fraction of sp³-hybridized carbons (Fsp3) is 0.500. The number of aliphatic hydroxyl groups is 1. The molecule has 5 heteroatoms. The molecule has 0 spiro atoms. The van der Waals surface area contributed by atoms with Gasteiger partial charge in [-0.15, -0.1) is 0 Å². The molecule has 0 fully saturated rings. The minimum Gasteiger partial charge on any atom is -0.506 e. The van der Waals surface area contributed by atoms with Crippen molar-refractivity contribution >= 4 is 5.97 Å². The molecule has 0 radical (unpaired) electrons. The van der Waals surface area contributed by atoms with Crippen LogP contribution in [0.1, 0.15) is 6.92 Å². The monoisotopic (exact) mass is 166 g/mol. The summed E-state index contributed by atoms with van der Waals surface area (Å²) in [4.78, 5) is 10.4. The average molecular weight is 166 g/mol. The van der Waals surface area contributed by atoms with E-state index in [1.165, 1.54) is 6.92 Å². The quantitative estimate of drug-likeness (QED) is 0.390. The van der Waals surface area contributed by atoms with E-state index in [-0.39, 0.29) is 6.61 Å². The molecule has 64 valence electrons. The highest BCUT2D eigenvalue weighted by Gasteiger charge is 2.10. The number of carbonyl (C=O) groups is 1. The van der Waals surface area contributed by atoms with Gasteiger partial charge in [0, 0.05) is 0 Å². The molecule has 0 saturated carbocycles. The van der Waals surface area contributed by atoms with E-state index in [9.17, 15) is 13.6 Å². The van der Waals surface area contributed by atoms with E-state index >= 15 is 0 Å². The first-order chi connectivity index (χ1) is 5.07. The molecule has 0 heterocycles. The lowest BCUT2D eigenvalue weighted by Gasteiger charge is -1.97. The SMILES string of the molecule is CCOC(=O)/C=C(/O)C(F)F. The van der Waals surface area contributed by atoms with E-state index in [1.807, 2.05) is 0 Å². The summed E-state index contributed by atoms with van der Waals surface area (Å²) in [6.07, 6.45) is -2.67. The summed E-state index contributed by atoms with van der Waals surface area (Å²) in [7, 11) is 0. The van der Waals surface area contributed by atoms with Gasteiger partial charge in [0.05, 0.1) is 12.7 Å². The molecule has 0 aromatic carbocycles. The van der Waals surface area contributed by atoms with E-state index in [2.05, 4.69) is 4.74 Å². The molecule has 0 unspecified atom stereocenters. The van der Waals surface area contributed by atoms with Crippen LogP contribution >= 0.6 is 0 Å². The molecule has 0 rings (SSSR count). The second-order valence-electron chi connectivity index (χ2n) is 1.62. The summed E-state index contributed by atoms with van der Waals surface area (Å²) in [6, 6.07) is 0. The van der Waals surface area contributed by atoms with Crippen LogP contribution in [0.15, 0.2) is 11.8 Å². The van der Waals surface area contributed by atoms with Crippen molar-refractivity contribution in [2.24, 2.45) is 0 Å². The van der Waals surface area contributed by atoms with Crippen LogP contribution in [0.4, 0.5) is 8.78 Å². The first-order valence-corrected chi connectivity index (χ1v) is 2.93. The Hall–Kier alpha value is -1.13. The number of hydrogen-bond acceptors (Lipinski definition) is 3. The van der Waals surface area contributed by atoms with Crippen molar-refractivity contribution in [1.29, 1.82) is 0 Å². The van der Waals surface area contributed by atoms with Crippen LogP contribution in [-0.2, 0) is 9.53 Å². The van der Waals surface area contributed by atoms with Crippen molar-refractivity contribution in [1.82, 2.24) is 0 Å². The van der Waals surface area contributed by atoms with Crippen LogP contribution < -0.4 is 0 Å². The van der Waals surface area contributed by atoms with Crippen molar-refractivity contribution in [2.45, 2.75) is 13.3 Å². The summed E-state index contributed by atoms with van der Waals surface area (Å²) < 4.78 is 27.3. The van der Waals surface area contributed by atoms with Gasteiger partial charge >= 0.3 is 5.97 Å². The van der Waals surface area contributed by atoms with Gasteiger partial charge in [-0.3, -0.25) is 0 Å². The number of ether oxygens (including phenoxy) is 1. The Balaban J connectivity index is 3.97. The molecule has 0 bridgehead atoms. The summed E-state index contributed by atoms with van der Waals surface area (Å²) in [6.45, 7) is 1.62. The molecule has 0 aromatic rings. The molecule has 0 aromatic heterocycles. The van der Waals surface area contributed by atoms with Crippen molar-refractivity contribution < 1.29 is 23.4 Å². The van der Waals surface area contributed by atoms with Crippen LogP contribution in [0.3, 0.4) is 0 Å². The van der Waals surface area contributed by atoms with Gasteiger partial charge in [0.2, 0.25) is 0 Å². The van der Waals surface area contributed by atoms with E-state index in [0.717, 1.165) is 0 Å². The topological polar surface area (TPSA) is 46.5 Å². The van der Waals surface area contributed by atoms with Crippen LogP contribution in [-0.4, -0.2) is 24.1 Å². The summed E-state index contributed by atoms with van der Waals surface area (Å²) in [5, 5.41) is 8.33. The van der Waals surface area contributed by atoms with Crippen molar-refractivity contribution in [2.75, 3.05) is 6.61 Å². The smallest absolute Gasteiger partial charge is 0.334 e. The van der Waals surface area contributed by atoms with Gasteiger partial charge in [0.15, 0.2) is 5.76 Å². The van der Waals surface area contributed by atoms with Crippen molar-refractivity contribution in [3.05, 3.63) is 11.8 Å². The van der Waals surface area contributed by atoms with Crippen LogP contribution in [0, 0.1) is 0 Å². The Labute approximate surface area is 62.3 Å². The fourth-order valence-electron chi connectivity index (χ4n) is 0.368. The van der Waals surface area contributed by atoms with Gasteiger partial charge < -0.3 is 9.84 Å². The fourth-order valence-corrected chi connectivity index (χ4v) is 0.368. The number of hydrogen-bond donors (Lipinski definition) is 1. The van der Waals surface area contributed by atoms with Gasteiger partial charge in [0.25, 0.3) is 6.43 Å². The summed E-state index contributed by atoms with van der Waals surface area (Å²) in [5.74, 6) is -2.24. The van der Waals surface area contributed by atoms with Gasteiger partial charge in [-0.1, -0.05) is 0 Å². The highest BCUT2D eigenvalue weighted by molar-refractivity contribution is 5.82. The highest BCUT2D eigenvalue weighted by Crippen LogP contribution is 2.03. The standard InChI is InChI=1S/C6H8F2O3/c1-2-11-5(10)3-4(9)6(7)8/h3,6,9H,2H2,1H3/b4-3+. The lowest BCUT2D eigenvalue weighted by molar-refractivity contribution is -0.137. The zero-order valence-corrected chi connectivity index (χ0v) is 5.88. The van der Waals surface area contributed by atoms with Gasteiger partial charge in [0.1, 0.15) is 0 Å². The highest BCUT2D eigenvalue weighted by atomic mass is 19.3. The zero-order valence-electron chi connectivity index (χ0n) is 5.88. The second kappa shape index (κ2) is 4.65. The lowest BCUT2D eigenvalue weighted by Crippen LogP contribution is -2.04. The Morgan fingerprint density at radius 3 is 2.64 bits per heavy atom. The third kappa shape index (κ3) is 4.30. The van der Waals surface area contributed by atoms with Gasteiger partial charge in [-0.25, -0.2) is 13.6 Å². The van der Waals surface area contributed by atoms with Crippen LogP contribution in [0.5, 0.6) is 0 Å². The molecule has 0 aliphatic rings. The summed E-state index contributed by atoms with van der Waals surface area (Å²) in [5.41, 5.74) is 0. The molecule has 0 aliphatic heterocycles. The Morgan fingerprint density at radius 1 is 1.73 bits per heavy atom. The van der Waals surface area contributed by atoms with Crippen molar-refractivity contribution in [3.63, 3.8) is 0 Å². The lowest BCUT2D eigenvalue weighted by atomic mass is 10.4. The zero-order chi connectivity index (χ0) is 8.85. The van der Waals surface area contributed by atoms with E-state index in [1.54, 1.807) is 0 Å². The predicted octanol–water partition coefficient (Wildman–Crippen LogP) is 1.26. The minimum atomic E-state index is -3.03. The predicted molar refractivity (Wildman–Crippen MR) is 33.3 cm³/mol. The normalized spacial score (nSPS) is 11.8. The van der Waals surface area contributed by atoms with E-state index in [0.29, 0.717) is 6.08 Å². The summed E-state index contributed by atoms with van der Waals surface area (Å²) >= 11 is 0. The van der Waals surface area contributed by atoms with Crippen LogP contribution in [0.2, 0.25) is 0 Å². The van der Waals surface area contributed by atoms with E-state index < -0.39 is 18.2 Å². The molecule has 0 saturated heterocycles. The molecule has 1 N–H and O–H groups in total. The third-order valence-electron chi connectivity index (χ3n) is 0.776. The molecule has 11 heavy (non-hydrogen) atoms. The molecule has 0 atom stereocenters. The Kier molecular flexibility index (Phi) is 4.17.